The van der Waals surface area contributed by atoms with Crippen molar-refractivity contribution < 1.29 is 9.50 Å². The van der Waals surface area contributed by atoms with Crippen LogP contribution in [-0.4, -0.2) is 39.3 Å². The van der Waals surface area contributed by atoms with Crippen molar-refractivity contribution in [3.8, 4) is 11.4 Å². The Hall–Kier alpha value is -3.26. The highest BCUT2D eigenvalue weighted by Gasteiger charge is 2.19. The van der Waals surface area contributed by atoms with Crippen LogP contribution in [0.2, 0.25) is 0 Å². The summed E-state index contributed by atoms with van der Waals surface area (Å²) >= 11 is 0. The van der Waals surface area contributed by atoms with Gasteiger partial charge in [-0.05, 0) is 56.5 Å². The van der Waals surface area contributed by atoms with Crippen LogP contribution in [0.15, 0.2) is 41.3 Å². The van der Waals surface area contributed by atoms with Gasteiger partial charge in [0.15, 0.2) is 0 Å². The van der Waals surface area contributed by atoms with Gasteiger partial charge in [0, 0.05) is 42.7 Å². The molecule has 1 aliphatic heterocycles. The van der Waals surface area contributed by atoms with Gasteiger partial charge in [0.1, 0.15) is 17.5 Å². The van der Waals surface area contributed by atoms with Crippen LogP contribution in [0.1, 0.15) is 29.7 Å². The molecule has 3 N–H and O–H groups in total. The van der Waals surface area contributed by atoms with Crippen LogP contribution in [0, 0.1) is 19.7 Å². The minimum absolute atomic E-state index is 0.157. The molecule has 3 aromatic rings. The molecule has 0 saturated carbocycles. The maximum absolute atomic E-state index is 14.6. The molecule has 0 bridgehead atoms. The third-order valence-electron chi connectivity index (χ3n) is 5.72. The molecule has 0 atom stereocenters. The van der Waals surface area contributed by atoms with Crippen molar-refractivity contribution >= 4 is 11.5 Å². The van der Waals surface area contributed by atoms with E-state index in [1.54, 1.807) is 32.2 Å². The Kier molecular flexibility index (Phi) is 5.99. The van der Waals surface area contributed by atoms with Crippen molar-refractivity contribution in [2.45, 2.75) is 39.3 Å². The number of halogens is 1. The maximum Gasteiger partial charge on any atom is 0.254 e. The molecule has 1 saturated heterocycles. The van der Waals surface area contributed by atoms with Crippen molar-refractivity contribution in [3.05, 3.63) is 69.5 Å². The summed E-state index contributed by atoms with van der Waals surface area (Å²) in [6.07, 6.45) is 2.68. The average molecular weight is 423 g/mol. The first kappa shape index (κ1) is 21.0. The lowest BCUT2D eigenvalue weighted by Gasteiger charge is -2.31. The summed E-state index contributed by atoms with van der Waals surface area (Å²) in [5.74, 6) is 0.864. The lowest BCUT2D eigenvalue weighted by molar-refractivity contribution is 0.145. The summed E-state index contributed by atoms with van der Waals surface area (Å²) in [5, 5.41) is 12.8. The highest BCUT2D eigenvalue weighted by Crippen LogP contribution is 2.24. The van der Waals surface area contributed by atoms with Crippen LogP contribution in [0.4, 0.5) is 15.9 Å². The molecule has 1 aromatic carbocycles. The number of aryl methyl sites for hydroxylation is 1. The van der Waals surface area contributed by atoms with Gasteiger partial charge in [-0.2, -0.15) is 0 Å². The lowest BCUT2D eigenvalue weighted by Crippen LogP contribution is -2.36. The molecule has 0 aliphatic carbocycles. The zero-order chi connectivity index (χ0) is 22.0. The molecule has 162 valence electrons. The third kappa shape index (κ3) is 4.74. The minimum atomic E-state index is -0.285. The predicted octanol–water partition coefficient (Wildman–Crippen LogP) is 3.16. The van der Waals surface area contributed by atoms with E-state index < -0.39 is 0 Å². The molecular weight excluding hydrogens is 397 g/mol. The number of nitrogens with zero attached hydrogens (tertiary/aromatic N) is 3. The van der Waals surface area contributed by atoms with Crippen molar-refractivity contribution in [2.75, 3.05) is 23.3 Å². The number of rotatable bonds is 5. The Morgan fingerprint density at radius 2 is 2.00 bits per heavy atom. The first-order valence-electron chi connectivity index (χ1n) is 10.4. The number of aliphatic hydroxyl groups excluding tert-OH is 1. The van der Waals surface area contributed by atoms with Crippen molar-refractivity contribution in [2.24, 2.45) is 0 Å². The molecule has 7 nitrogen and oxygen atoms in total. The second kappa shape index (κ2) is 8.85. The number of piperidine rings is 1. The van der Waals surface area contributed by atoms with Crippen molar-refractivity contribution in [3.63, 3.8) is 0 Å². The Bertz CT molecular complexity index is 1120. The summed E-state index contributed by atoms with van der Waals surface area (Å²) in [5.41, 5.74) is 3.24. The summed E-state index contributed by atoms with van der Waals surface area (Å²) < 4.78 is 14.6. The van der Waals surface area contributed by atoms with E-state index in [1.807, 2.05) is 17.0 Å². The van der Waals surface area contributed by atoms with Crippen LogP contribution in [-0.2, 0) is 6.54 Å². The van der Waals surface area contributed by atoms with Gasteiger partial charge in [0.05, 0.1) is 11.8 Å². The van der Waals surface area contributed by atoms with Crippen LogP contribution < -0.4 is 15.8 Å². The van der Waals surface area contributed by atoms with E-state index in [9.17, 15) is 14.3 Å². The van der Waals surface area contributed by atoms with Gasteiger partial charge in [-0.15, -0.1) is 0 Å². The first-order valence-corrected chi connectivity index (χ1v) is 10.4. The SMILES string of the molecule is Cc1nc(-c2ccc(NCc3ccc(N4CCC(O)CC4)c(F)c3)nc2)[nH]c(=O)c1C. The molecule has 8 heteroatoms. The Morgan fingerprint density at radius 1 is 1.23 bits per heavy atom. The first-order chi connectivity index (χ1) is 14.9. The van der Waals surface area contributed by atoms with E-state index in [0.29, 0.717) is 66.6 Å². The number of anilines is 2. The number of pyridine rings is 1. The molecule has 31 heavy (non-hydrogen) atoms. The highest BCUT2D eigenvalue weighted by molar-refractivity contribution is 5.56. The Morgan fingerprint density at radius 3 is 2.65 bits per heavy atom. The Labute approximate surface area is 180 Å². The fraction of sp³-hybridized carbons (Fsp3) is 0.348. The molecule has 1 aliphatic rings. The van der Waals surface area contributed by atoms with E-state index in [1.165, 1.54) is 6.07 Å². The van der Waals surface area contributed by atoms with Gasteiger partial charge in [0.25, 0.3) is 5.56 Å². The molecule has 2 aromatic heterocycles. The van der Waals surface area contributed by atoms with Gasteiger partial charge >= 0.3 is 0 Å². The van der Waals surface area contributed by atoms with Crippen molar-refractivity contribution in [1.82, 2.24) is 15.0 Å². The zero-order valence-electron chi connectivity index (χ0n) is 17.7. The molecule has 4 rings (SSSR count). The third-order valence-corrected chi connectivity index (χ3v) is 5.72. The second-order valence-corrected chi connectivity index (χ2v) is 7.91. The number of nitrogens with one attached hydrogen (secondary N) is 2. The number of benzene rings is 1. The summed E-state index contributed by atoms with van der Waals surface area (Å²) in [6, 6.07) is 8.85. The molecular formula is C23H26FN5O2. The smallest absolute Gasteiger partial charge is 0.254 e. The normalized spacial score (nSPS) is 14.6. The van der Waals surface area contributed by atoms with E-state index in [2.05, 4.69) is 20.3 Å². The molecule has 0 spiro atoms. The quantitative estimate of drug-likeness (QED) is 0.584. The maximum atomic E-state index is 14.6. The van der Waals surface area contributed by atoms with Gasteiger partial charge in [-0.25, -0.2) is 14.4 Å². The summed E-state index contributed by atoms with van der Waals surface area (Å²) in [7, 11) is 0. The molecule has 1 fully saturated rings. The summed E-state index contributed by atoms with van der Waals surface area (Å²) in [6.45, 7) is 5.29. The van der Waals surface area contributed by atoms with E-state index in [-0.39, 0.29) is 17.5 Å². The molecule has 0 unspecified atom stereocenters. The van der Waals surface area contributed by atoms with Crippen molar-refractivity contribution in [1.29, 1.82) is 0 Å². The van der Waals surface area contributed by atoms with Crippen LogP contribution in [0.5, 0.6) is 0 Å². The second-order valence-electron chi connectivity index (χ2n) is 7.91. The fourth-order valence-electron chi connectivity index (χ4n) is 3.64. The monoisotopic (exact) mass is 423 g/mol. The fourth-order valence-corrected chi connectivity index (χ4v) is 3.64. The topological polar surface area (TPSA) is 94.1 Å². The lowest BCUT2D eigenvalue weighted by atomic mass is 10.1. The van der Waals surface area contributed by atoms with Crippen LogP contribution in [0.25, 0.3) is 11.4 Å². The minimum Gasteiger partial charge on any atom is -0.393 e. The molecule has 0 radical (unpaired) electrons. The van der Waals surface area contributed by atoms with E-state index in [4.69, 9.17) is 0 Å². The number of hydrogen-bond donors (Lipinski definition) is 3. The summed E-state index contributed by atoms with van der Waals surface area (Å²) in [4.78, 5) is 25.5. The van der Waals surface area contributed by atoms with E-state index >= 15 is 0 Å². The van der Waals surface area contributed by atoms with E-state index in [0.717, 1.165) is 5.56 Å². The average Bonchev–Trinajstić information content (AvgIpc) is 2.77. The predicted molar refractivity (Wildman–Crippen MR) is 119 cm³/mol. The van der Waals surface area contributed by atoms with Crippen LogP contribution in [0.3, 0.4) is 0 Å². The number of aliphatic hydroxyl groups is 1. The zero-order valence-corrected chi connectivity index (χ0v) is 17.7. The number of hydrogen-bond acceptors (Lipinski definition) is 6. The number of H-pyrrole nitrogens is 1. The number of aromatic nitrogens is 3. The molecule has 3 heterocycles. The van der Waals surface area contributed by atoms with Gasteiger partial charge in [-0.1, -0.05) is 6.07 Å². The largest absolute Gasteiger partial charge is 0.393 e. The van der Waals surface area contributed by atoms with Gasteiger partial charge in [0.2, 0.25) is 0 Å². The molecule has 0 amide bonds. The van der Waals surface area contributed by atoms with Gasteiger partial charge in [-0.3, -0.25) is 4.79 Å². The number of aromatic amines is 1. The standard InChI is InChI=1S/C23H26FN5O2/c1-14-15(2)27-22(28-23(14)31)17-4-6-21(26-13-17)25-12-16-3-5-20(19(24)11-16)29-9-7-18(30)8-10-29/h3-6,11,13,18,30H,7-10,12H2,1-2H3,(H,25,26)(H,27,28,31). The van der Waals surface area contributed by atoms with Gasteiger partial charge < -0.3 is 20.3 Å². The Balaban J connectivity index is 1.40. The highest BCUT2D eigenvalue weighted by atomic mass is 19.1. The van der Waals surface area contributed by atoms with Crippen LogP contribution >= 0.6 is 0 Å².